The summed E-state index contributed by atoms with van der Waals surface area (Å²) >= 11 is 0. The fourth-order valence-corrected chi connectivity index (χ4v) is 8.54. The first kappa shape index (κ1) is 32.9. The fraction of sp³-hybridized carbons (Fsp3) is 0.0769. The Morgan fingerprint density at radius 1 is 0.723 bits per heavy atom. The number of aliphatic hydroxyl groups is 1. The maximum atomic E-state index is 12.9. The number of nitrogens with one attached hydrogen (secondary N) is 1. The zero-order valence-corrected chi connectivity index (χ0v) is 27.0. The summed E-state index contributed by atoms with van der Waals surface area (Å²) in [5.74, 6) is -1.81. The predicted molar refractivity (Wildman–Crippen MR) is 190 cm³/mol. The van der Waals surface area contributed by atoms with E-state index in [2.05, 4.69) is 60.1 Å². The Morgan fingerprint density at radius 2 is 1.19 bits per heavy atom. The summed E-state index contributed by atoms with van der Waals surface area (Å²) in [6.07, 6.45) is 6.22. The highest BCUT2D eigenvalue weighted by Gasteiger charge is 2.49. The number of amides is 1. The van der Waals surface area contributed by atoms with Crippen LogP contribution in [0.5, 0.6) is 0 Å². The van der Waals surface area contributed by atoms with Gasteiger partial charge in [0.25, 0.3) is 5.91 Å². The number of carboxylic acids is 1. The first-order valence-electron chi connectivity index (χ1n) is 14.9. The van der Waals surface area contributed by atoms with Gasteiger partial charge in [0.05, 0.1) is 5.56 Å². The first-order valence-corrected chi connectivity index (χ1v) is 16.9. The molecule has 6 rings (SSSR count). The molecule has 0 bridgehead atoms. The third-order valence-corrected chi connectivity index (χ3v) is 11.7. The second kappa shape index (κ2) is 13.9. The molecule has 0 aromatic heterocycles. The summed E-state index contributed by atoms with van der Waals surface area (Å²) in [4.78, 5) is 37.4. The summed E-state index contributed by atoms with van der Waals surface area (Å²) in [5, 5.41) is 26.6. The maximum Gasteiger partial charge on any atom is 0.336 e. The number of nitrogens with zero attached hydrogens (tertiary/aromatic N) is 1. The van der Waals surface area contributed by atoms with Crippen LogP contribution in [0.15, 0.2) is 146 Å². The number of likely N-dealkylation sites (N-methyl/N-ethyl adjacent to an activating group) is 1. The maximum absolute atomic E-state index is 12.9. The number of carbonyl (C=O) groups excluding carboxylic acids is 2. The van der Waals surface area contributed by atoms with Crippen molar-refractivity contribution in [3.8, 4) is 0 Å². The lowest BCUT2D eigenvalue weighted by Crippen LogP contribution is -2.44. The summed E-state index contributed by atoms with van der Waals surface area (Å²) in [6, 6.07) is 43.6. The van der Waals surface area contributed by atoms with Gasteiger partial charge in [-0.15, -0.1) is 0 Å². The highest BCUT2D eigenvalue weighted by Crippen LogP contribution is 2.42. The normalized spacial score (nSPS) is 15.7. The fourth-order valence-electron chi connectivity index (χ4n) is 5.63. The number of aromatic carboxylic acids is 1. The monoisotopic (exact) mass is 642 g/mol. The van der Waals surface area contributed by atoms with Crippen molar-refractivity contribution in [2.75, 3.05) is 14.1 Å². The summed E-state index contributed by atoms with van der Waals surface area (Å²) < 4.78 is 0. The second-order valence-electron chi connectivity index (χ2n) is 11.0. The molecule has 0 fully saturated rings. The van der Waals surface area contributed by atoms with Gasteiger partial charge in [0.1, 0.15) is 0 Å². The molecule has 3 N–H and O–H groups in total. The largest absolute Gasteiger partial charge is 0.478 e. The molecule has 5 aromatic rings. The van der Waals surface area contributed by atoms with Crippen LogP contribution in [0.1, 0.15) is 31.8 Å². The van der Waals surface area contributed by atoms with Gasteiger partial charge in [-0.2, -0.15) is 0 Å². The minimum atomic E-state index is -2.03. The van der Waals surface area contributed by atoms with Crippen LogP contribution in [0.25, 0.3) is 5.57 Å². The molecule has 0 radical (unpaired) electrons. The Balaban J connectivity index is 0.000000185. The molecule has 0 saturated carbocycles. The third kappa shape index (κ3) is 6.32. The van der Waals surface area contributed by atoms with E-state index in [0.717, 1.165) is 5.30 Å². The van der Waals surface area contributed by atoms with Crippen molar-refractivity contribution in [1.29, 1.82) is 0 Å². The van der Waals surface area contributed by atoms with Crippen LogP contribution >= 0.6 is 6.89 Å². The van der Waals surface area contributed by atoms with Gasteiger partial charge in [-0.1, -0.05) is 128 Å². The Morgan fingerprint density at radius 3 is 1.70 bits per heavy atom. The van der Waals surface area contributed by atoms with Crippen molar-refractivity contribution in [3.05, 3.63) is 168 Å². The lowest BCUT2D eigenvalue weighted by atomic mass is 9.90. The van der Waals surface area contributed by atoms with Gasteiger partial charge >= 0.3 is 5.97 Å². The number of hydrogen-bond acceptors (Lipinski definition) is 5. The first-order chi connectivity index (χ1) is 22.6. The van der Waals surface area contributed by atoms with Crippen molar-refractivity contribution in [1.82, 2.24) is 10.2 Å². The number of hydrogen-bond donors (Lipinski definition) is 3. The van der Waals surface area contributed by atoms with Crippen LogP contribution in [-0.4, -0.2) is 53.2 Å². The van der Waals surface area contributed by atoms with Crippen molar-refractivity contribution >= 4 is 52.3 Å². The Hall–Kier alpha value is -5.49. The van der Waals surface area contributed by atoms with Crippen molar-refractivity contribution < 1.29 is 24.6 Å². The predicted octanol–water partition coefficient (Wildman–Crippen LogP) is 4.86. The van der Waals surface area contributed by atoms with E-state index in [1.165, 1.54) is 33.8 Å². The second-order valence-corrected chi connectivity index (χ2v) is 14.1. The van der Waals surface area contributed by atoms with Gasteiger partial charge < -0.3 is 20.4 Å². The molecular formula is C39H35N2O5P. The van der Waals surface area contributed by atoms with E-state index in [1.54, 1.807) is 50.5 Å². The van der Waals surface area contributed by atoms with Crippen LogP contribution in [0.4, 0.5) is 0 Å². The van der Waals surface area contributed by atoms with Crippen LogP contribution in [0.3, 0.4) is 0 Å². The highest BCUT2D eigenvalue weighted by molar-refractivity contribution is 7.93. The summed E-state index contributed by atoms with van der Waals surface area (Å²) in [6.45, 7) is -1.97. The average molecular weight is 643 g/mol. The van der Waals surface area contributed by atoms with E-state index in [1.807, 2.05) is 42.5 Å². The zero-order chi connectivity index (χ0) is 33.6. The lowest BCUT2D eigenvalue weighted by molar-refractivity contribution is -0.145. The van der Waals surface area contributed by atoms with E-state index in [0.29, 0.717) is 16.7 Å². The topological polar surface area (TPSA) is 107 Å². The minimum absolute atomic E-state index is 0.0576. The third-order valence-electron chi connectivity index (χ3n) is 8.20. The summed E-state index contributed by atoms with van der Waals surface area (Å²) in [7, 11) is 3.19. The molecule has 1 aliphatic rings. The minimum Gasteiger partial charge on any atom is -0.478 e. The molecule has 0 aliphatic carbocycles. The van der Waals surface area contributed by atoms with Crippen LogP contribution in [-0.2, 0) is 10.5 Å². The molecule has 47 heavy (non-hydrogen) atoms. The molecule has 236 valence electrons. The molecular weight excluding hydrogens is 607 g/mol. The standard InChI is InChI=1S/C21H20NOP.C18H15NO4/c1-22-21(23)17-13-15-20(16-14-17)24(2,18-9-5-3-6-10-18)19-11-7-4-8-12-19;1-19-11-14(12-7-3-2-4-8-12)16(20)18(19,23)15-10-6-5-9-13(15)17(21)22/h3-16H,2H2,1H3,(H,22,23);2-11,23H,1H3,(H,21,22). The van der Waals surface area contributed by atoms with E-state index in [-0.39, 0.29) is 17.0 Å². The molecule has 0 spiro atoms. The number of rotatable bonds is 7. The number of carboxylic acid groups (broad SMARTS) is 1. The van der Waals surface area contributed by atoms with Gasteiger partial charge in [-0.25, -0.2) is 4.79 Å². The van der Waals surface area contributed by atoms with E-state index >= 15 is 0 Å². The SMILES string of the molecule is C=P(c1ccccc1)(c1ccccc1)c1ccc(C(=O)NC)cc1.CN1C=C(c2ccccc2)C(=O)C1(O)c1ccccc1C(=O)O. The molecule has 1 amide bonds. The molecule has 1 heterocycles. The Labute approximate surface area is 274 Å². The molecule has 7 nitrogen and oxygen atoms in total. The van der Waals surface area contributed by atoms with E-state index in [9.17, 15) is 24.6 Å². The van der Waals surface area contributed by atoms with Gasteiger partial charge in [0.15, 0.2) is 0 Å². The average Bonchev–Trinajstić information content (AvgIpc) is 3.36. The highest BCUT2D eigenvalue weighted by atomic mass is 31.2. The zero-order valence-electron chi connectivity index (χ0n) is 26.1. The number of Topliss-reactive ketones (excluding diaryl/α,β-unsaturated/α-hetero) is 1. The van der Waals surface area contributed by atoms with Crippen molar-refractivity contribution in [2.45, 2.75) is 5.72 Å². The van der Waals surface area contributed by atoms with Gasteiger partial charge in [-0.05, 0) is 46.6 Å². The van der Waals surface area contributed by atoms with Crippen molar-refractivity contribution in [3.63, 3.8) is 0 Å². The number of ketones is 1. The van der Waals surface area contributed by atoms with Gasteiger partial charge in [0.2, 0.25) is 11.5 Å². The van der Waals surface area contributed by atoms with E-state index in [4.69, 9.17) is 0 Å². The Bertz CT molecular complexity index is 1930. The summed E-state index contributed by atoms with van der Waals surface area (Å²) in [5.41, 5.74) is -0.391. The van der Waals surface area contributed by atoms with Gasteiger partial charge in [-0.3, -0.25) is 9.59 Å². The molecule has 5 aromatic carbocycles. The Kier molecular flexibility index (Phi) is 9.71. The number of benzene rings is 5. The van der Waals surface area contributed by atoms with Crippen LogP contribution in [0, 0.1) is 0 Å². The molecule has 8 heteroatoms. The number of carbonyl (C=O) groups is 3. The quantitative estimate of drug-likeness (QED) is 0.219. The molecule has 1 unspecified atom stereocenters. The molecule has 1 atom stereocenters. The molecule has 1 aliphatic heterocycles. The molecule has 0 saturated heterocycles. The van der Waals surface area contributed by atoms with E-state index < -0.39 is 24.4 Å². The van der Waals surface area contributed by atoms with Crippen LogP contribution in [0.2, 0.25) is 0 Å². The van der Waals surface area contributed by atoms with Gasteiger partial charge in [0, 0.05) is 37.0 Å². The lowest BCUT2D eigenvalue weighted by Gasteiger charge is -2.31. The van der Waals surface area contributed by atoms with Crippen LogP contribution < -0.4 is 21.2 Å². The van der Waals surface area contributed by atoms with Crippen molar-refractivity contribution in [2.24, 2.45) is 0 Å². The smallest absolute Gasteiger partial charge is 0.336 e.